The molecule has 0 unspecified atom stereocenters. The summed E-state index contributed by atoms with van der Waals surface area (Å²) in [6.07, 6.45) is 0.236. The molecule has 2 amide bonds. The number of carbonyl (C=O) groups is 3. The van der Waals surface area contributed by atoms with Gasteiger partial charge in [0.25, 0.3) is 5.91 Å². The Bertz CT molecular complexity index is 1750. The van der Waals surface area contributed by atoms with Gasteiger partial charge in [-0.15, -0.1) is 5.10 Å². The fourth-order valence-corrected chi connectivity index (χ4v) is 6.80. The Morgan fingerprint density at radius 1 is 1.07 bits per heavy atom. The van der Waals surface area contributed by atoms with Gasteiger partial charge in [0, 0.05) is 70.1 Å². The number of amides is 2. The Morgan fingerprint density at radius 2 is 1.76 bits per heavy atom. The number of carbonyl (C=O) groups excluding carboxylic acids is 3. The summed E-state index contributed by atoms with van der Waals surface area (Å²) in [5.74, 6) is -3.46. The lowest BCUT2D eigenvalue weighted by Gasteiger charge is -2.27. The lowest BCUT2D eigenvalue weighted by Crippen LogP contribution is -2.37. The van der Waals surface area contributed by atoms with Crippen molar-refractivity contribution in [2.24, 2.45) is 5.92 Å². The van der Waals surface area contributed by atoms with E-state index in [9.17, 15) is 31.6 Å². The van der Waals surface area contributed by atoms with E-state index in [0.29, 0.717) is 49.9 Å². The minimum absolute atomic E-state index is 0.0159. The zero-order valence-corrected chi connectivity index (χ0v) is 26.3. The molecular formula is C30H34F2N6O7S. The Hall–Kier alpha value is -4.41. The lowest BCUT2D eigenvalue weighted by molar-refractivity contribution is -0.122. The highest BCUT2D eigenvalue weighted by Crippen LogP contribution is 2.32. The standard InChI is InChI=1S/C30H34F2N6O7S/c1-4-45-30(41)38-26-7-10-37(46(42,43)22-14-19(31)13-20(32)15-22)17-24(26)27(35-38)34-29(40)23-6-5-21(36(2)3)16-25(23)33-28(39)18-8-11-44-12-9-18/h5-6,13-16,18H,4,7-12,17H2,1-3H3,(H,33,39)(H,34,35,40). The summed E-state index contributed by atoms with van der Waals surface area (Å²) in [5, 5.41) is 9.80. The molecule has 246 valence electrons. The molecule has 46 heavy (non-hydrogen) atoms. The fraction of sp³-hybridized carbons (Fsp3) is 0.400. The monoisotopic (exact) mass is 660 g/mol. The van der Waals surface area contributed by atoms with Crippen molar-refractivity contribution in [3.8, 4) is 0 Å². The van der Waals surface area contributed by atoms with Gasteiger partial charge in [-0.05, 0) is 50.1 Å². The summed E-state index contributed by atoms with van der Waals surface area (Å²) in [6.45, 7) is 2.06. The summed E-state index contributed by atoms with van der Waals surface area (Å²) in [4.78, 5) is 40.9. The van der Waals surface area contributed by atoms with Crippen molar-refractivity contribution in [1.82, 2.24) is 14.1 Å². The number of aromatic nitrogens is 2. The first-order valence-electron chi connectivity index (χ1n) is 14.6. The van der Waals surface area contributed by atoms with Crippen LogP contribution in [-0.2, 0) is 37.3 Å². The number of fused-ring (bicyclic) bond motifs is 1. The van der Waals surface area contributed by atoms with E-state index in [2.05, 4.69) is 15.7 Å². The van der Waals surface area contributed by atoms with Gasteiger partial charge in [0.1, 0.15) is 11.6 Å². The maximum Gasteiger partial charge on any atom is 0.434 e. The lowest BCUT2D eigenvalue weighted by atomic mass is 9.99. The predicted octanol–water partition coefficient (Wildman–Crippen LogP) is 3.60. The van der Waals surface area contributed by atoms with Gasteiger partial charge in [0.2, 0.25) is 15.9 Å². The third kappa shape index (κ3) is 6.88. The first kappa shape index (κ1) is 33.0. The van der Waals surface area contributed by atoms with Crippen LogP contribution in [0.4, 0.5) is 30.8 Å². The van der Waals surface area contributed by atoms with Crippen LogP contribution in [0.1, 0.15) is 41.4 Å². The van der Waals surface area contributed by atoms with Gasteiger partial charge in [0.05, 0.1) is 28.4 Å². The second-order valence-electron chi connectivity index (χ2n) is 11.0. The average molecular weight is 661 g/mol. The topological polar surface area (TPSA) is 152 Å². The van der Waals surface area contributed by atoms with Crippen molar-refractivity contribution in [2.75, 3.05) is 56.0 Å². The van der Waals surface area contributed by atoms with Crippen LogP contribution in [0.2, 0.25) is 0 Å². The number of ether oxygens (including phenoxy) is 2. The number of hydrogen-bond donors (Lipinski definition) is 2. The summed E-state index contributed by atoms with van der Waals surface area (Å²) in [7, 11) is -0.764. The van der Waals surface area contributed by atoms with Gasteiger partial charge in [-0.25, -0.2) is 22.0 Å². The third-order valence-corrected chi connectivity index (χ3v) is 9.61. The first-order valence-corrected chi connectivity index (χ1v) is 16.1. The summed E-state index contributed by atoms with van der Waals surface area (Å²) in [5.41, 5.74) is 1.57. The van der Waals surface area contributed by atoms with Gasteiger partial charge in [-0.1, -0.05) is 0 Å². The van der Waals surface area contributed by atoms with Crippen molar-refractivity contribution in [3.63, 3.8) is 0 Å². The van der Waals surface area contributed by atoms with Crippen LogP contribution in [0.5, 0.6) is 0 Å². The zero-order chi connectivity index (χ0) is 33.2. The number of hydrogen-bond acceptors (Lipinski definition) is 9. The highest BCUT2D eigenvalue weighted by atomic mass is 32.2. The second-order valence-corrected chi connectivity index (χ2v) is 13.0. The molecule has 1 saturated heterocycles. The molecule has 1 aromatic heterocycles. The van der Waals surface area contributed by atoms with Crippen LogP contribution in [0, 0.1) is 17.6 Å². The van der Waals surface area contributed by atoms with E-state index in [0.717, 1.165) is 14.7 Å². The van der Waals surface area contributed by atoms with Crippen LogP contribution >= 0.6 is 0 Å². The number of sulfonamides is 1. The fourth-order valence-electron chi connectivity index (χ4n) is 5.34. The number of halogens is 2. The molecule has 16 heteroatoms. The molecule has 0 aliphatic carbocycles. The molecule has 2 aliphatic heterocycles. The van der Waals surface area contributed by atoms with Crippen molar-refractivity contribution < 1.29 is 41.1 Å². The van der Waals surface area contributed by atoms with E-state index < -0.39 is 38.6 Å². The van der Waals surface area contributed by atoms with Crippen LogP contribution < -0.4 is 15.5 Å². The molecule has 0 bridgehead atoms. The Balaban J connectivity index is 1.48. The molecule has 0 spiro atoms. The van der Waals surface area contributed by atoms with Crippen molar-refractivity contribution in [2.45, 2.75) is 37.6 Å². The Morgan fingerprint density at radius 3 is 2.41 bits per heavy atom. The maximum atomic E-state index is 13.9. The highest BCUT2D eigenvalue weighted by Gasteiger charge is 2.35. The minimum atomic E-state index is -4.39. The third-order valence-electron chi connectivity index (χ3n) is 7.78. The molecule has 2 aliphatic rings. The number of nitrogens with zero attached hydrogens (tertiary/aromatic N) is 4. The predicted molar refractivity (Wildman–Crippen MR) is 163 cm³/mol. The number of rotatable bonds is 8. The molecule has 13 nitrogen and oxygen atoms in total. The molecule has 0 saturated carbocycles. The molecule has 2 N–H and O–H groups in total. The van der Waals surface area contributed by atoms with E-state index in [1.54, 1.807) is 19.1 Å². The van der Waals surface area contributed by atoms with Gasteiger partial charge in [-0.2, -0.15) is 8.99 Å². The second kappa shape index (κ2) is 13.5. The van der Waals surface area contributed by atoms with Crippen LogP contribution in [-0.4, -0.2) is 80.9 Å². The molecular weight excluding hydrogens is 626 g/mol. The van der Waals surface area contributed by atoms with Crippen molar-refractivity contribution in [1.29, 1.82) is 0 Å². The number of benzene rings is 2. The van der Waals surface area contributed by atoms with Crippen LogP contribution in [0.15, 0.2) is 41.3 Å². The van der Waals surface area contributed by atoms with E-state index in [1.807, 2.05) is 19.0 Å². The maximum absolute atomic E-state index is 13.9. The quantitative estimate of drug-likeness (QED) is 0.369. The van der Waals surface area contributed by atoms with E-state index in [1.165, 1.54) is 6.07 Å². The van der Waals surface area contributed by atoms with E-state index in [4.69, 9.17) is 9.47 Å². The minimum Gasteiger partial charge on any atom is -0.448 e. The van der Waals surface area contributed by atoms with Crippen LogP contribution in [0.3, 0.4) is 0 Å². The molecule has 3 aromatic rings. The molecule has 0 atom stereocenters. The normalized spacial score (nSPS) is 15.6. The molecule has 0 radical (unpaired) electrons. The number of nitrogens with one attached hydrogen (secondary N) is 2. The van der Waals surface area contributed by atoms with E-state index >= 15 is 0 Å². The highest BCUT2D eigenvalue weighted by molar-refractivity contribution is 7.89. The van der Waals surface area contributed by atoms with Crippen LogP contribution in [0.25, 0.3) is 0 Å². The molecule has 3 heterocycles. The number of anilines is 3. The van der Waals surface area contributed by atoms with Crippen molar-refractivity contribution >= 4 is 45.1 Å². The van der Waals surface area contributed by atoms with Gasteiger partial charge in [0.15, 0.2) is 5.82 Å². The summed E-state index contributed by atoms with van der Waals surface area (Å²) >= 11 is 0. The van der Waals surface area contributed by atoms with Crippen molar-refractivity contribution in [3.05, 3.63) is 64.9 Å². The average Bonchev–Trinajstić information content (AvgIpc) is 3.38. The Kier molecular flexibility index (Phi) is 9.69. The van der Waals surface area contributed by atoms with Gasteiger partial charge in [-0.3, -0.25) is 9.59 Å². The SMILES string of the molecule is CCOC(=O)n1nc(NC(=O)c2ccc(N(C)C)cc2NC(=O)C2CCOCC2)c2c1CCN(S(=O)(=O)c1cc(F)cc(F)c1)C2. The van der Waals surface area contributed by atoms with Gasteiger partial charge < -0.3 is 25.0 Å². The smallest absolute Gasteiger partial charge is 0.434 e. The molecule has 2 aromatic carbocycles. The first-order chi connectivity index (χ1) is 21.9. The van der Waals surface area contributed by atoms with Gasteiger partial charge >= 0.3 is 6.09 Å². The molecule has 1 fully saturated rings. The zero-order valence-electron chi connectivity index (χ0n) is 25.5. The van der Waals surface area contributed by atoms with E-state index in [-0.39, 0.29) is 60.6 Å². The molecule has 5 rings (SSSR count). The summed E-state index contributed by atoms with van der Waals surface area (Å²) in [6, 6.07) is 6.88. The Labute approximate surface area is 264 Å². The summed E-state index contributed by atoms with van der Waals surface area (Å²) < 4.78 is 67.0. The largest absolute Gasteiger partial charge is 0.448 e.